The third-order valence-electron chi connectivity index (χ3n) is 5.96. The minimum atomic E-state index is -0.229. The van der Waals surface area contributed by atoms with Crippen molar-refractivity contribution >= 4 is 22.4 Å². The van der Waals surface area contributed by atoms with Crippen LogP contribution >= 0.6 is 11.6 Å². The first-order valence-electron chi connectivity index (χ1n) is 10.8. The Morgan fingerprint density at radius 2 is 1.81 bits per heavy atom. The van der Waals surface area contributed by atoms with Gasteiger partial charge >= 0.3 is 0 Å². The van der Waals surface area contributed by atoms with Crippen LogP contribution in [0.4, 0.5) is 0 Å². The Kier molecular flexibility index (Phi) is 7.13. The lowest BCUT2D eigenvalue weighted by Crippen LogP contribution is -2.34. The van der Waals surface area contributed by atoms with Crippen molar-refractivity contribution < 1.29 is 19.3 Å². The molecule has 164 valence electrons. The van der Waals surface area contributed by atoms with Gasteiger partial charge in [-0.3, -0.25) is 0 Å². The highest BCUT2D eigenvalue weighted by Crippen LogP contribution is 2.40. The molecule has 3 aromatic carbocycles. The number of fused-ring (bicyclic) bond motifs is 1. The first-order valence-corrected chi connectivity index (χ1v) is 11.2. The zero-order valence-electron chi connectivity index (χ0n) is 18.0. The lowest BCUT2D eigenvalue weighted by atomic mass is 9.90. The van der Waals surface area contributed by atoms with E-state index in [0.29, 0.717) is 19.4 Å². The van der Waals surface area contributed by atoms with Gasteiger partial charge in [0, 0.05) is 25.3 Å². The van der Waals surface area contributed by atoms with Crippen LogP contribution in [0, 0.1) is 0 Å². The average molecular weight is 441 g/mol. The number of halogens is 1. The Bertz CT molecular complexity index is 1010. The van der Waals surface area contributed by atoms with Gasteiger partial charge in [-0.15, -0.1) is 0 Å². The molecule has 3 unspecified atom stereocenters. The minimum Gasteiger partial charge on any atom is -0.494 e. The molecule has 5 heteroatoms. The molecule has 1 heterocycles. The van der Waals surface area contributed by atoms with Gasteiger partial charge in [-0.05, 0) is 47.6 Å². The average Bonchev–Trinajstić information content (AvgIpc) is 2.82. The number of methoxy groups -OCH3 is 1. The van der Waals surface area contributed by atoms with Gasteiger partial charge in [0.05, 0.1) is 36.5 Å². The Morgan fingerprint density at radius 3 is 2.48 bits per heavy atom. The van der Waals surface area contributed by atoms with E-state index < -0.39 is 0 Å². The van der Waals surface area contributed by atoms with Crippen LogP contribution in [0.3, 0.4) is 0 Å². The van der Waals surface area contributed by atoms with Gasteiger partial charge < -0.3 is 19.3 Å². The highest BCUT2D eigenvalue weighted by atomic mass is 35.5. The summed E-state index contributed by atoms with van der Waals surface area (Å²) in [5, 5.41) is 12.6. The van der Waals surface area contributed by atoms with Crippen LogP contribution in [0.2, 0.25) is 5.02 Å². The molecule has 0 bridgehead atoms. The Balaban J connectivity index is 1.72. The molecule has 0 aromatic heterocycles. The summed E-state index contributed by atoms with van der Waals surface area (Å²) < 4.78 is 17.5. The van der Waals surface area contributed by atoms with Crippen molar-refractivity contribution in [2.45, 2.75) is 44.5 Å². The molecule has 3 atom stereocenters. The SMILES string of the molecule is CCOc1ccc(Cc2cc(C3CC(OC)CC(CO)O3)c3ccccc3c2Cl)cc1. The molecular formula is C26H29ClO4. The van der Waals surface area contributed by atoms with E-state index >= 15 is 0 Å². The zero-order chi connectivity index (χ0) is 21.8. The number of hydrogen-bond donors (Lipinski definition) is 1. The van der Waals surface area contributed by atoms with E-state index in [1.807, 2.05) is 31.2 Å². The summed E-state index contributed by atoms with van der Waals surface area (Å²) in [6, 6.07) is 18.5. The van der Waals surface area contributed by atoms with Crippen molar-refractivity contribution in [1.29, 1.82) is 0 Å². The van der Waals surface area contributed by atoms with E-state index in [1.54, 1.807) is 7.11 Å². The van der Waals surface area contributed by atoms with E-state index in [0.717, 1.165) is 39.1 Å². The molecule has 1 saturated heterocycles. The van der Waals surface area contributed by atoms with Crippen LogP contribution in [0.1, 0.15) is 42.6 Å². The summed E-state index contributed by atoms with van der Waals surface area (Å²) in [6.45, 7) is 2.62. The van der Waals surface area contributed by atoms with Crippen molar-refractivity contribution in [3.05, 3.63) is 76.3 Å². The highest BCUT2D eigenvalue weighted by molar-refractivity contribution is 6.36. The number of aliphatic hydroxyl groups excluding tert-OH is 1. The normalized spacial score (nSPS) is 21.4. The molecule has 31 heavy (non-hydrogen) atoms. The number of aliphatic hydroxyl groups is 1. The fraction of sp³-hybridized carbons (Fsp3) is 0.385. The lowest BCUT2D eigenvalue weighted by Gasteiger charge is -2.35. The largest absolute Gasteiger partial charge is 0.494 e. The molecule has 4 rings (SSSR count). The Morgan fingerprint density at radius 1 is 1.06 bits per heavy atom. The molecule has 1 fully saturated rings. The van der Waals surface area contributed by atoms with Gasteiger partial charge in [0.2, 0.25) is 0 Å². The summed E-state index contributed by atoms with van der Waals surface area (Å²) in [4.78, 5) is 0. The standard InChI is InChI=1S/C26H29ClO4/c1-3-30-19-10-8-17(9-11-19)12-18-13-24(22-6-4-5-7-23(22)26(18)27)25-15-20(29-2)14-21(16-28)31-25/h4-11,13,20-21,25,28H,3,12,14-16H2,1-2H3. The summed E-state index contributed by atoms with van der Waals surface area (Å²) in [5.41, 5.74) is 3.32. The molecule has 0 amide bonds. The van der Waals surface area contributed by atoms with Crippen LogP contribution in [-0.2, 0) is 15.9 Å². The first-order chi connectivity index (χ1) is 15.1. The maximum Gasteiger partial charge on any atom is 0.119 e. The second-order valence-corrected chi connectivity index (χ2v) is 8.37. The smallest absolute Gasteiger partial charge is 0.119 e. The predicted molar refractivity (Wildman–Crippen MR) is 124 cm³/mol. The number of ether oxygens (including phenoxy) is 3. The van der Waals surface area contributed by atoms with Crippen LogP contribution in [0.25, 0.3) is 10.8 Å². The molecule has 0 saturated carbocycles. The van der Waals surface area contributed by atoms with Crippen LogP contribution < -0.4 is 4.74 Å². The van der Waals surface area contributed by atoms with Crippen LogP contribution in [0.5, 0.6) is 5.75 Å². The quantitative estimate of drug-likeness (QED) is 0.511. The first kappa shape index (κ1) is 22.1. The molecule has 3 aromatic rings. The monoisotopic (exact) mass is 440 g/mol. The van der Waals surface area contributed by atoms with Crippen LogP contribution in [0.15, 0.2) is 54.6 Å². The number of hydrogen-bond acceptors (Lipinski definition) is 4. The number of benzene rings is 3. The van der Waals surface area contributed by atoms with Gasteiger partial charge in [-0.2, -0.15) is 0 Å². The molecule has 1 N–H and O–H groups in total. The van der Waals surface area contributed by atoms with E-state index in [-0.39, 0.29) is 24.9 Å². The van der Waals surface area contributed by atoms with E-state index in [1.165, 1.54) is 5.56 Å². The topological polar surface area (TPSA) is 47.9 Å². The fourth-order valence-corrected chi connectivity index (χ4v) is 4.68. The minimum absolute atomic E-state index is 0.0130. The third-order valence-corrected chi connectivity index (χ3v) is 6.40. The molecule has 0 radical (unpaired) electrons. The summed E-state index contributed by atoms with van der Waals surface area (Å²) in [5.74, 6) is 0.868. The lowest BCUT2D eigenvalue weighted by molar-refractivity contribution is -0.121. The summed E-state index contributed by atoms with van der Waals surface area (Å²) in [7, 11) is 1.72. The van der Waals surface area contributed by atoms with E-state index in [9.17, 15) is 5.11 Å². The van der Waals surface area contributed by atoms with Gasteiger partial charge in [0.25, 0.3) is 0 Å². The van der Waals surface area contributed by atoms with E-state index in [4.69, 9.17) is 25.8 Å². The molecule has 0 spiro atoms. The van der Waals surface area contributed by atoms with Crippen molar-refractivity contribution in [2.75, 3.05) is 20.3 Å². The van der Waals surface area contributed by atoms with Gasteiger partial charge in [-0.1, -0.05) is 54.1 Å². The highest BCUT2D eigenvalue weighted by Gasteiger charge is 2.31. The Hall–Kier alpha value is -2.11. The summed E-state index contributed by atoms with van der Waals surface area (Å²) in [6.07, 6.45) is 1.84. The van der Waals surface area contributed by atoms with Crippen molar-refractivity contribution in [3.63, 3.8) is 0 Å². The Labute approximate surface area is 188 Å². The van der Waals surface area contributed by atoms with Crippen molar-refractivity contribution in [3.8, 4) is 5.75 Å². The molecule has 1 aliphatic rings. The van der Waals surface area contributed by atoms with Crippen molar-refractivity contribution in [1.82, 2.24) is 0 Å². The molecule has 1 aliphatic heterocycles. The van der Waals surface area contributed by atoms with Crippen LogP contribution in [-0.4, -0.2) is 37.6 Å². The predicted octanol–water partition coefficient (Wildman–Crippen LogP) is 5.71. The van der Waals surface area contributed by atoms with Gasteiger partial charge in [0.1, 0.15) is 5.75 Å². The van der Waals surface area contributed by atoms with Crippen molar-refractivity contribution in [2.24, 2.45) is 0 Å². The maximum atomic E-state index is 9.72. The second kappa shape index (κ2) is 10.0. The maximum absolute atomic E-state index is 9.72. The molecule has 4 nitrogen and oxygen atoms in total. The zero-order valence-corrected chi connectivity index (χ0v) is 18.8. The molecule has 0 aliphatic carbocycles. The van der Waals surface area contributed by atoms with Gasteiger partial charge in [-0.25, -0.2) is 0 Å². The molecular weight excluding hydrogens is 412 g/mol. The number of rotatable bonds is 7. The fourth-order valence-electron chi connectivity index (χ4n) is 4.40. The van der Waals surface area contributed by atoms with Gasteiger partial charge in [0.15, 0.2) is 0 Å². The summed E-state index contributed by atoms with van der Waals surface area (Å²) >= 11 is 6.87. The third kappa shape index (κ3) is 4.88. The van der Waals surface area contributed by atoms with E-state index in [2.05, 4.69) is 30.3 Å². The second-order valence-electron chi connectivity index (χ2n) is 8.00.